The van der Waals surface area contributed by atoms with Crippen LogP contribution in [0.3, 0.4) is 0 Å². The maximum absolute atomic E-state index is 12.0. The van der Waals surface area contributed by atoms with Crippen molar-refractivity contribution in [2.75, 3.05) is 0 Å². The average Bonchev–Trinajstić information content (AvgIpc) is 2.75. The van der Waals surface area contributed by atoms with E-state index in [1.54, 1.807) is 32.0 Å². The van der Waals surface area contributed by atoms with E-state index in [1.807, 2.05) is 0 Å². The van der Waals surface area contributed by atoms with Gasteiger partial charge in [0.1, 0.15) is 0 Å². The minimum Gasteiger partial charge on any atom is -0.449 e. The van der Waals surface area contributed by atoms with E-state index in [0.717, 1.165) is 0 Å². The molecule has 0 fully saturated rings. The number of ether oxygens (including phenoxy) is 1. The molecule has 2 rings (SSSR count). The molecule has 0 aliphatic rings. The summed E-state index contributed by atoms with van der Waals surface area (Å²) in [5.41, 5.74) is 0.382. The van der Waals surface area contributed by atoms with E-state index < -0.39 is 12.1 Å². The molecule has 2 aromatic rings. The molecule has 0 amide bonds. The minimum absolute atomic E-state index is 0.260. The van der Waals surface area contributed by atoms with Crippen molar-refractivity contribution in [3.05, 3.63) is 45.0 Å². The van der Waals surface area contributed by atoms with Gasteiger partial charge in [-0.15, -0.1) is 10.2 Å². The van der Waals surface area contributed by atoms with Crippen molar-refractivity contribution >= 4 is 33.5 Å². The van der Waals surface area contributed by atoms with Crippen LogP contribution in [0.2, 0.25) is 5.02 Å². The van der Waals surface area contributed by atoms with Crippen LogP contribution in [0.25, 0.3) is 0 Å². The SMILES string of the molecule is Cc1nnc(C(C)OC(=O)c2ccc(Cl)cc2Br)o1. The number of aryl methyl sites for hydroxylation is 1. The Morgan fingerprint density at radius 3 is 2.79 bits per heavy atom. The first kappa shape index (κ1) is 14.0. The second-order valence-electron chi connectivity index (χ2n) is 3.83. The third-order valence-corrected chi connectivity index (χ3v) is 3.22. The van der Waals surface area contributed by atoms with Gasteiger partial charge in [-0.1, -0.05) is 11.6 Å². The summed E-state index contributed by atoms with van der Waals surface area (Å²) < 4.78 is 11.0. The number of aromatic nitrogens is 2. The van der Waals surface area contributed by atoms with Crippen molar-refractivity contribution in [2.24, 2.45) is 0 Å². The van der Waals surface area contributed by atoms with Crippen LogP contribution in [0.15, 0.2) is 27.1 Å². The van der Waals surface area contributed by atoms with Crippen molar-refractivity contribution in [3.8, 4) is 0 Å². The van der Waals surface area contributed by atoms with E-state index in [-0.39, 0.29) is 5.89 Å². The maximum Gasteiger partial charge on any atom is 0.340 e. The van der Waals surface area contributed by atoms with Crippen LogP contribution >= 0.6 is 27.5 Å². The van der Waals surface area contributed by atoms with Gasteiger partial charge in [0.05, 0.1) is 5.56 Å². The second-order valence-corrected chi connectivity index (χ2v) is 5.12. The number of nitrogens with zero attached hydrogens (tertiary/aromatic N) is 2. The summed E-state index contributed by atoms with van der Waals surface area (Å²) in [5, 5.41) is 8.02. The van der Waals surface area contributed by atoms with E-state index in [0.29, 0.717) is 20.9 Å². The lowest BCUT2D eigenvalue weighted by atomic mass is 10.2. The fourth-order valence-electron chi connectivity index (χ4n) is 1.41. The highest BCUT2D eigenvalue weighted by molar-refractivity contribution is 9.10. The summed E-state index contributed by atoms with van der Waals surface area (Å²) in [5.74, 6) is 0.188. The second kappa shape index (κ2) is 5.71. The molecule has 0 radical (unpaired) electrons. The molecule has 1 unspecified atom stereocenters. The summed E-state index contributed by atoms with van der Waals surface area (Å²) >= 11 is 9.07. The molecular weight excluding hydrogens is 336 g/mol. The Bertz CT molecular complexity index is 615. The normalized spacial score (nSPS) is 12.2. The monoisotopic (exact) mass is 344 g/mol. The van der Waals surface area contributed by atoms with Gasteiger partial charge in [0, 0.05) is 16.4 Å². The first-order chi connectivity index (χ1) is 8.97. The van der Waals surface area contributed by atoms with Crippen LogP contribution in [0, 0.1) is 6.92 Å². The van der Waals surface area contributed by atoms with Crippen molar-refractivity contribution in [1.82, 2.24) is 10.2 Å². The first-order valence-corrected chi connectivity index (χ1v) is 6.60. The third kappa shape index (κ3) is 3.33. The smallest absolute Gasteiger partial charge is 0.340 e. The van der Waals surface area contributed by atoms with Crippen LogP contribution in [0.5, 0.6) is 0 Å². The molecule has 19 heavy (non-hydrogen) atoms. The van der Waals surface area contributed by atoms with Gasteiger partial charge in [0.25, 0.3) is 5.89 Å². The average molecular weight is 346 g/mol. The molecule has 1 atom stereocenters. The van der Waals surface area contributed by atoms with Crippen molar-refractivity contribution < 1.29 is 13.9 Å². The number of carbonyl (C=O) groups is 1. The molecule has 100 valence electrons. The predicted molar refractivity (Wildman–Crippen MR) is 72.0 cm³/mol. The Hall–Kier alpha value is -1.40. The molecule has 0 aliphatic heterocycles. The van der Waals surface area contributed by atoms with Crippen molar-refractivity contribution in [2.45, 2.75) is 20.0 Å². The van der Waals surface area contributed by atoms with Gasteiger partial charge in [-0.3, -0.25) is 0 Å². The topological polar surface area (TPSA) is 65.2 Å². The Balaban J connectivity index is 2.12. The summed E-state index contributed by atoms with van der Waals surface area (Å²) in [6.45, 7) is 3.33. The van der Waals surface area contributed by atoms with Crippen LogP contribution in [0.4, 0.5) is 0 Å². The zero-order valence-corrected chi connectivity index (χ0v) is 12.5. The Labute approximate surface area is 123 Å². The Morgan fingerprint density at radius 2 is 2.21 bits per heavy atom. The lowest BCUT2D eigenvalue weighted by Crippen LogP contribution is -2.10. The van der Waals surface area contributed by atoms with Crippen LogP contribution in [-0.4, -0.2) is 16.2 Å². The van der Waals surface area contributed by atoms with Gasteiger partial charge < -0.3 is 9.15 Å². The number of hydrogen-bond acceptors (Lipinski definition) is 5. The molecule has 0 bridgehead atoms. The molecule has 1 aromatic carbocycles. The van der Waals surface area contributed by atoms with Gasteiger partial charge in [0.2, 0.25) is 5.89 Å². The molecule has 0 saturated heterocycles. The zero-order chi connectivity index (χ0) is 14.0. The van der Waals surface area contributed by atoms with Crippen LogP contribution < -0.4 is 0 Å². The molecule has 5 nitrogen and oxygen atoms in total. The lowest BCUT2D eigenvalue weighted by molar-refractivity contribution is 0.0276. The Kier molecular flexibility index (Phi) is 4.21. The number of hydrogen-bond donors (Lipinski definition) is 0. The number of halogens is 2. The largest absolute Gasteiger partial charge is 0.449 e. The van der Waals surface area contributed by atoms with E-state index >= 15 is 0 Å². The number of benzene rings is 1. The summed E-state index contributed by atoms with van der Waals surface area (Å²) in [6.07, 6.45) is -0.615. The highest BCUT2D eigenvalue weighted by atomic mass is 79.9. The molecule has 7 heteroatoms. The van der Waals surface area contributed by atoms with E-state index in [4.69, 9.17) is 20.8 Å². The quantitative estimate of drug-likeness (QED) is 0.793. The van der Waals surface area contributed by atoms with Gasteiger partial charge >= 0.3 is 5.97 Å². The number of rotatable bonds is 3. The maximum atomic E-state index is 12.0. The molecule has 1 heterocycles. The zero-order valence-electron chi connectivity index (χ0n) is 10.2. The van der Waals surface area contributed by atoms with Gasteiger partial charge in [-0.2, -0.15) is 0 Å². The van der Waals surface area contributed by atoms with E-state index in [9.17, 15) is 4.79 Å². The van der Waals surface area contributed by atoms with Crippen LogP contribution in [-0.2, 0) is 4.74 Å². The van der Waals surface area contributed by atoms with Crippen molar-refractivity contribution in [1.29, 1.82) is 0 Å². The fraction of sp³-hybridized carbons (Fsp3) is 0.250. The highest BCUT2D eigenvalue weighted by Crippen LogP contribution is 2.24. The molecule has 1 aromatic heterocycles. The fourth-order valence-corrected chi connectivity index (χ4v) is 2.25. The number of carbonyl (C=O) groups excluding carboxylic acids is 1. The first-order valence-electron chi connectivity index (χ1n) is 5.43. The molecule has 0 aliphatic carbocycles. The third-order valence-electron chi connectivity index (χ3n) is 2.32. The standard InChI is InChI=1S/C12H10BrClN2O3/c1-6(11-16-15-7(2)19-11)18-12(17)9-4-3-8(14)5-10(9)13/h3-6H,1-2H3. The highest BCUT2D eigenvalue weighted by Gasteiger charge is 2.20. The van der Waals surface area contributed by atoms with Gasteiger partial charge in [-0.25, -0.2) is 4.79 Å². The lowest BCUT2D eigenvalue weighted by Gasteiger charge is -2.10. The van der Waals surface area contributed by atoms with E-state index in [2.05, 4.69) is 26.1 Å². The van der Waals surface area contributed by atoms with E-state index in [1.165, 1.54) is 0 Å². The molecule has 0 N–H and O–H groups in total. The summed E-state index contributed by atoms with van der Waals surface area (Å²) in [7, 11) is 0. The van der Waals surface area contributed by atoms with Gasteiger partial charge in [-0.05, 0) is 41.1 Å². The Morgan fingerprint density at radius 1 is 1.47 bits per heavy atom. The minimum atomic E-state index is -0.615. The van der Waals surface area contributed by atoms with Gasteiger partial charge in [0.15, 0.2) is 6.10 Å². The molecular formula is C12H10BrClN2O3. The molecule has 0 spiro atoms. The number of esters is 1. The predicted octanol–water partition coefficient (Wildman–Crippen LogP) is 3.71. The van der Waals surface area contributed by atoms with Crippen LogP contribution in [0.1, 0.15) is 35.2 Å². The molecule has 0 saturated carbocycles. The summed E-state index contributed by atoms with van der Waals surface area (Å²) in [6, 6.07) is 4.82. The summed E-state index contributed by atoms with van der Waals surface area (Å²) in [4.78, 5) is 12.0. The van der Waals surface area contributed by atoms with Crippen molar-refractivity contribution in [3.63, 3.8) is 0 Å².